The summed E-state index contributed by atoms with van der Waals surface area (Å²) in [6.07, 6.45) is 0.992. The van der Waals surface area contributed by atoms with Crippen LogP contribution < -0.4 is 5.32 Å². The predicted octanol–water partition coefficient (Wildman–Crippen LogP) is 0.665. The van der Waals surface area contributed by atoms with Gasteiger partial charge in [-0.05, 0) is 40.0 Å². The minimum atomic E-state index is -0.989. The standard InChI is InChI=1S/C18H29N3O6/c1-11(22)20-9-8-12-6-7-14(16(24)26-5)21(12)15(23)13(10-20)19-17(25)27-18(2,3)4/h12-14H,6-10H2,1-5H3,(H,19,25)/t12-,13+,14+/m1/s1. The Balaban J connectivity index is 2.26. The Morgan fingerprint density at radius 2 is 1.81 bits per heavy atom. The summed E-state index contributed by atoms with van der Waals surface area (Å²) in [5.74, 6) is -1.04. The fraction of sp³-hybridized carbons (Fsp3) is 0.778. The van der Waals surface area contributed by atoms with Crippen LogP contribution in [0.3, 0.4) is 0 Å². The topological polar surface area (TPSA) is 105 Å². The zero-order chi connectivity index (χ0) is 20.4. The number of carbonyl (C=O) groups is 4. The van der Waals surface area contributed by atoms with Gasteiger partial charge < -0.3 is 24.6 Å². The molecule has 2 aliphatic rings. The molecule has 1 N–H and O–H groups in total. The highest BCUT2D eigenvalue weighted by Crippen LogP contribution is 2.30. The van der Waals surface area contributed by atoms with Gasteiger partial charge in [0.15, 0.2) is 0 Å². The quantitative estimate of drug-likeness (QED) is 0.703. The summed E-state index contributed by atoms with van der Waals surface area (Å²) < 4.78 is 10.1. The van der Waals surface area contributed by atoms with Gasteiger partial charge in [-0.3, -0.25) is 9.59 Å². The fourth-order valence-corrected chi connectivity index (χ4v) is 3.59. The summed E-state index contributed by atoms with van der Waals surface area (Å²) in [5.41, 5.74) is -0.722. The van der Waals surface area contributed by atoms with E-state index >= 15 is 0 Å². The minimum absolute atomic E-state index is 0.0323. The number of rotatable bonds is 2. The van der Waals surface area contributed by atoms with E-state index in [0.29, 0.717) is 25.8 Å². The van der Waals surface area contributed by atoms with Crippen LogP contribution in [0.25, 0.3) is 0 Å². The first kappa shape index (κ1) is 21.0. The third kappa shape index (κ3) is 5.11. The average molecular weight is 383 g/mol. The van der Waals surface area contributed by atoms with E-state index in [-0.39, 0.29) is 18.5 Å². The smallest absolute Gasteiger partial charge is 0.408 e. The van der Waals surface area contributed by atoms with Gasteiger partial charge >= 0.3 is 12.1 Å². The van der Waals surface area contributed by atoms with Gasteiger partial charge in [0, 0.05) is 19.5 Å². The van der Waals surface area contributed by atoms with Crippen molar-refractivity contribution in [2.45, 2.75) is 70.7 Å². The number of nitrogens with zero attached hydrogens (tertiary/aromatic N) is 2. The Morgan fingerprint density at radius 1 is 1.15 bits per heavy atom. The number of methoxy groups -OCH3 is 1. The van der Waals surface area contributed by atoms with Gasteiger partial charge in [-0.15, -0.1) is 0 Å². The number of alkyl carbamates (subject to hydrolysis) is 1. The second kappa shape index (κ2) is 8.14. The maximum Gasteiger partial charge on any atom is 0.408 e. The molecule has 2 saturated heterocycles. The monoisotopic (exact) mass is 383 g/mol. The van der Waals surface area contributed by atoms with Crippen LogP contribution in [0.5, 0.6) is 0 Å². The second-order valence-electron chi connectivity index (χ2n) is 7.97. The molecule has 9 heteroatoms. The summed E-state index contributed by atoms with van der Waals surface area (Å²) in [4.78, 5) is 52.5. The number of nitrogens with one attached hydrogen (secondary N) is 1. The second-order valence-corrected chi connectivity index (χ2v) is 7.97. The predicted molar refractivity (Wildman–Crippen MR) is 95.7 cm³/mol. The van der Waals surface area contributed by atoms with Gasteiger partial charge in [-0.2, -0.15) is 0 Å². The number of fused-ring (bicyclic) bond motifs is 1. The third-order valence-corrected chi connectivity index (χ3v) is 4.80. The molecule has 0 aliphatic carbocycles. The zero-order valence-electron chi connectivity index (χ0n) is 16.6. The van der Waals surface area contributed by atoms with E-state index in [1.54, 1.807) is 25.7 Å². The Labute approximate surface area is 159 Å². The van der Waals surface area contributed by atoms with Crippen molar-refractivity contribution in [2.24, 2.45) is 0 Å². The fourth-order valence-electron chi connectivity index (χ4n) is 3.59. The third-order valence-electron chi connectivity index (χ3n) is 4.80. The van der Waals surface area contributed by atoms with Crippen LogP contribution >= 0.6 is 0 Å². The molecule has 0 unspecified atom stereocenters. The van der Waals surface area contributed by atoms with Crippen LogP contribution in [-0.2, 0) is 23.9 Å². The van der Waals surface area contributed by atoms with E-state index in [9.17, 15) is 19.2 Å². The summed E-state index contributed by atoms with van der Waals surface area (Å²) in [6.45, 7) is 7.07. The van der Waals surface area contributed by atoms with Crippen molar-refractivity contribution in [3.05, 3.63) is 0 Å². The van der Waals surface area contributed by atoms with Crippen molar-refractivity contribution in [1.29, 1.82) is 0 Å². The molecule has 0 aromatic rings. The molecule has 3 amide bonds. The lowest BCUT2D eigenvalue weighted by atomic mass is 10.1. The Kier molecular flexibility index (Phi) is 6.33. The molecule has 2 aliphatic heterocycles. The highest BCUT2D eigenvalue weighted by atomic mass is 16.6. The molecule has 0 aromatic heterocycles. The number of hydrogen-bond acceptors (Lipinski definition) is 6. The van der Waals surface area contributed by atoms with Crippen LogP contribution in [-0.4, -0.2) is 77.6 Å². The summed E-state index contributed by atoms with van der Waals surface area (Å²) in [6, 6.07) is -1.83. The Morgan fingerprint density at radius 3 is 2.37 bits per heavy atom. The molecule has 0 spiro atoms. The number of esters is 1. The van der Waals surface area contributed by atoms with Crippen molar-refractivity contribution in [2.75, 3.05) is 20.2 Å². The lowest BCUT2D eigenvalue weighted by Gasteiger charge is -2.38. The maximum atomic E-state index is 13.2. The van der Waals surface area contributed by atoms with E-state index in [4.69, 9.17) is 9.47 Å². The highest BCUT2D eigenvalue weighted by molar-refractivity contribution is 5.91. The number of hydrogen-bond donors (Lipinski definition) is 1. The van der Waals surface area contributed by atoms with Crippen LogP contribution in [0.1, 0.15) is 47.0 Å². The van der Waals surface area contributed by atoms with E-state index < -0.39 is 35.7 Å². The van der Waals surface area contributed by atoms with Gasteiger partial charge in [0.1, 0.15) is 17.7 Å². The summed E-state index contributed by atoms with van der Waals surface area (Å²) in [7, 11) is 1.29. The average Bonchev–Trinajstić information content (AvgIpc) is 2.96. The van der Waals surface area contributed by atoms with Gasteiger partial charge in [0.25, 0.3) is 0 Å². The van der Waals surface area contributed by atoms with Crippen LogP contribution in [0.4, 0.5) is 4.79 Å². The van der Waals surface area contributed by atoms with Gasteiger partial charge in [-0.1, -0.05) is 0 Å². The zero-order valence-corrected chi connectivity index (χ0v) is 16.6. The lowest BCUT2D eigenvalue weighted by Crippen LogP contribution is -2.60. The summed E-state index contributed by atoms with van der Waals surface area (Å²) in [5, 5.41) is 2.57. The van der Waals surface area contributed by atoms with E-state index in [1.807, 2.05) is 0 Å². The van der Waals surface area contributed by atoms with Crippen molar-refractivity contribution in [3.63, 3.8) is 0 Å². The maximum absolute atomic E-state index is 13.2. The minimum Gasteiger partial charge on any atom is -0.467 e. The molecule has 0 saturated carbocycles. The lowest BCUT2D eigenvalue weighted by molar-refractivity contribution is -0.154. The van der Waals surface area contributed by atoms with Crippen LogP contribution in [0.2, 0.25) is 0 Å². The summed E-state index contributed by atoms with van der Waals surface area (Å²) >= 11 is 0. The Bertz CT molecular complexity index is 615. The van der Waals surface area contributed by atoms with Crippen molar-refractivity contribution < 1.29 is 28.7 Å². The Hall–Kier alpha value is -2.32. The molecule has 27 heavy (non-hydrogen) atoms. The molecule has 2 rings (SSSR count). The van der Waals surface area contributed by atoms with Crippen LogP contribution in [0.15, 0.2) is 0 Å². The van der Waals surface area contributed by atoms with Gasteiger partial charge in [0.05, 0.1) is 13.7 Å². The molecule has 2 fully saturated rings. The first-order chi connectivity index (χ1) is 12.5. The molecule has 152 valence electrons. The first-order valence-corrected chi connectivity index (χ1v) is 9.18. The van der Waals surface area contributed by atoms with E-state index in [0.717, 1.165) is 0 Å². The number of amides is 3. The molecular weight excluding hydrogens is 354 g/mol. The largest absolute Gasteiger partial charge is 0.467 e. The van der Waals surface area contributed by atoms with Gasteiger partial charge in [0.2, 0.25) is 11.8 Å². The van der Waals surface area contributed by atoms with Gasteiger partial charge in [-0.25, -0.2) is 9.59 Å². The number of ether oxygens (including phenoxy) is 2. The van der Waals surface area contributed by atoms with E-state index in [1.165, 1.54) is 18.9 Å². The molecule has 0 radical (unpaired) electrons. The van der Waals surface area contributed by atoms with Crippen molar-refractivity contribution in [3.8, 4) is 0 Å². The van der Waals surface area contributed by atoms with E-state index in [2.05, 4.69) is 5.32 Å². The van der Waals surface area contributed by atoms with Crippen molar-refractivity contribution >= 4 is 23.9 Å². The molecule has 0 bridgehead atoms. The molecular formula is C18H29N3O6. The normalized spacial score (nSPS) is 26.0. The first-order valence-electron chi connectivity index (χ1n) is 9.18. The highest BCUT2D eigenvalue weighted by Gasteiger charge is 2.45. The van der Waals surface area contributed by atoms with Crippen molar-refractivity contribution in [1.82, 2.24) is 15.1 Å². The SMILES string of the molecule is COC(=O)[C@@H]1CC[C@@H]2CCN(C(C)=O)C[C@H](NC(=O)OC(C)(C)C)C(=O)N21. The molecule has 2 heterocycles. The number of carbonyl (C=O) groups excluding carboxylic acids is 4. The molecule has 3 atom stereocenters. The van der Waals surface area contributed by atoms with Crippen LogP contribution in [0, 0.1) is 0 Å². The molecule has 9 nitrogen and oxygen atoms in total. The molecule has 0 aromatic carbocycles.